The third-order valence-corrected chi connectivity index (χ3v) is 8.70. The number of carbonyl (C=O) groups is 2. The molecule has 1 saturated carbocycles. The molecule has 1 aliphatic carbocycles. The van der Waals surface area contributed by atoms with Gasteiger partial charge in [-0.15, -0.1) is 0 Å². The number of carbonyl (C=O) groups excluding carboxylic acids is 1. The summed E-state index contributed by atoms with van der Waals surface area (Å²) < 4.78 is 49.6. The summed E-state index contributed by atoms with van der Waals surface area (Å²) in [7, 11) is 0. The van der Waals surface area contributed by atoms with E-state index in [4.69, 9.17) is 27.9 Å². The Morgan fingerprint density at radius 1 is 1.21 bits per heavy atom. The van der Waals surface area contributed by atoms with Crippen LogP contribution in [0.15, 0.2) is 18.6 Å². The number of rotatable bonds is 8. The molecule has 39 heavy (non-hydrogen) atoms. The van der Waals surface area contributed by atoms with Gasteiger partial charge in [0.25, 0.3) is 5.91 Å². The maximum absolute atomic E-state index is 14.3. The zero-order valence-electron chi connectivity index (χ0n) is 21.6. The van der Waals surface area contributed by atoms with E-state index in [-0.39, 0.29) is 31.6 Å². The van der Waals surface area contributed by atoms with Gasteiger partial charge in [-0.1, -0.05) is 30.1 Å². The number of hydrogen-bond donors (Lipinski definition) is 2. The Morgan fingerprint density at radius 2 is 1.85 bits per heavy atom. The number of hydrogen-bond acceptors (Lipinski definition) is 5. The van der Waals surface area contributed by atoms with E-state index < -0.39 is 52.9 Å². The van der Waals surface area contributed by atoms with Crippen molar-refractivity contribution in [3.63, 3.8) is 0 Å². The van der Waals surface area contributed by atoms with Gasteiger partial charge in [-0.3, -0.25) is 19.3 Å². The van der Waals surface area contributed by atoms with Crippen molar-refractivity contribution in [2.75, 3.05) is 6.61 Å². The summed E-state index contributed by atoms with van der Waals surface area (Å²) in [4.78, 5) is 28.9. The van der Waals surface area contributed by atoms with E-state index in [1.807, 2.05) is 6.92 Å². The molecule has 0 aromatic carbocycles. The van der Waals surface area contributed by atoms with Gasteiger partial charge in [0.2, 0.25) is 0 Å². The third-order valence-electron chi connectivity index (χ3n) is 8.04. The van der Waals surface area contributed by atoms with Crippen LogP contribution in [-0.2, 0) is 22.1 Å². The maximum atomic E-state index is 14.3. The van der Waals surface area contributed by atoms with E-state index in [9.17, 15) is 27.9 Å². The molecule has 0 radical (unpaired) electrons. The van der Waals surface area contributed by atoms with Crippen LogP contribution in [0.3, 0.4) is 0 Å². The van der Waals surface area contributed by atoms with Crippen molar-refractivity contribution >= 4 is 35.1 Å². The standard InChI is InChI=1S/C26H31Cl2F3N4O4/c1-14-7-10-39-21(14)20(4-3-16-18(27)12-32-13-19(16)28)34-23(36)17-11-33-35(22(17)26(29,30)31)15-5-8-25(2,9-6-15)24(37)38/h11-15,20-21H,3-10H2,1-2H3,(H,34,36)(H,37,38)/t14-,15?,20?,21-,25?/m1/s1. The fourth-order valence-electron chi connectivity index (χ4n) is 5.56. The van der Waals surface area contributed by atoms with Gasteiger partial charge in [0.15, 0.2) is 5.69 Å². The molecule has 2 aromatic heterocycles. The predicted octanol–water partition coefficient (Wildman–Crippen LogP) is 5.97. The topological polar surface area (TPSA) is 106 Å². The van der Waals surface area contributed by atoms with E-state index in [1.165, 1.54) is 12.4 Å². The quantitative estimate of drug-likeness (QED) is 0.392. The Kier molecular flexibility index (Phi) is 8.82. The molecule has 2 fully saturated rings. The SMILES string of the molecule is C[C@@H]1CCO[C@H]1C(CCc1c(Cl)cncc1Cl)NC(=O)c1cnn(C2CCC(C)(C(=O)O)CC2)c1C(F)(F)F. The Morgan fingerprint density at radius 3 is 2.38 bits per heavy atom. The molecule has 1 saturated heterocycles. The molecule has 1 unspecified atom stereocenters. The Bertz CT molecular complexity index is 1190. The summed E-state index contributed by atoms with van der Waals surface area (Å²) in [5.74, 6) is -1.80. The number of carboxylic acids is 1. The molecule has 3 heterocycles. The minimum absolute atomic E-state index is 0.0780. The molecule has 3 atom stereocenters. The van der Waals surface area contributed by atoms with Crippen LogP contribution < -0.4 is 5.32 Å². The second-order valence-electron chi connectivity index (χ2n) is 10.7. The highest BCUT2D eigenvalue weighted by Crippen LogP contribution is 2.43. The first kappa shape index (κ1) is 29.6. The normalized spacial score (nSPS) is 26.4. The predicted molar refractivity (Wildman–Crippen MR) is 138 cm³/mol. The van der Waals surface area contributed by atoms with Crippen LogP contribution in [-0.4, -0.2) is 50.5 Å². The first-order valence-corrected chi connectivity index (χ1v) is 13.7. The summed E-state index contributed by atoms with van der Waals surface area (Å²) in [6.07, 6.45) is 0.895. The number of amides is 1. The zero-order chi connectivity index (χ0) is 28.5. The van der Waals surface area contributed by atoms with Crippen LogP contribution in [0.1, 0.15) is 80.0 Å². The first-order valence-electron chi connectivity index (χ1n) is 12.9. The van der Waals surface area contributed by atoms with Gasteiger partial charge in [0, 0.05) is 19.0 Å². The summed E-state index contributed by atoms with van der Waals surface area (Å²) >= 11 is 12.5. The van der Waals surface area contributed by atoms with Crippen molar-refractivity contribution in [3.05, 3.63) is 45.5 Å². The van der Waals surface area contributed by atoms with E-state index in [1.54, 1.807) is 6.92 Å². The van der Waals surface area contributed by atoms with Crippen molar-refractivity contribution in [1.82, 2.24) is 20.1 Å². The molecule has 4 rings (SSSR count). The number of ether oxygens (including phenoxy) is 1. The lowest BCUT2D eigenvalue weighted by atomic mass is 9.74. The first-order chi connectivity index (χ1) is 18.3. The number of aliphatic carboxylic acids is 1. The molecule has 2 aliphatic rings. The second kappa shape index (κ2) is 11.6. The van der Waals surface area contributed by atoms with Crippen LogP contribution in [0.5, 0.6) is 0 Å². The van der Waals surface area contributed by atoms with Gasteiger partial charge >= 0.3 is 12.1 Å². The van der Waals surface area contributed by atoms with Crippen LogP contribution in [0.4, 0.5) is 13.2 Å². The highest BCUT2D eigenvalue weighted by atomic mass is 35.5. The lowest BCUT2D eigenvalue weighted by Crippen LogP contribution is -2.46. The Hall–Kier alpha value is -2.37. The van der Waals surface area contributed by atoms with Crippen molar-refractivity contribution in [3.8, 4) is 0 Å². The summed E-state index contributed by atoms with van der Waals surface area (Å²) in [5.41, 5.74) is -2.07. The Balaban J connectivity index is 1.57. The van der Waals surface area contributed by atoms with Crippen LogP contribution in [0, 0.1) is 11.3 Å². The lowest BCUT2D eigenvalue weighted by molar-refractivity contribution is -0.152. The highest BCUT2D eigenvalue weighted by molar-refractivity contribution is 6.35. The summed E-state index contributed by atoms with van der Waals surface area (Å²) in [6, 6.07) is -1.27. The average Bonchev–Trinajstić information content (AvgIpc) is 3.50. The average molecular weight is 591 g/mol. The monoisotopic (exact) mass is 590 g/mol. The van der Waals surface area contributed by atoms with Crippen LogP contribution in [0.25, 0.3) is 0 Å². The number of pyridine rings is 1. The molecular formula is C26H31Cl2F3N4O4. The molecule has 1 aliphatic heterocycles. The largest absolute Gasteiger partial charge is 0.481 e. The zero-order valence-corrected chi connectivity index (χ0v) is 23.1. The molecule has 0 spiro atoms. The van der Waals surface area contributed by atoms with Crippen molar-refractivity contribution in [2.45, 2.75) is 83.2 Å². The van der Waals surface area contributed by atoms with E-state index in [0.717, 1.165) is 17.3 Å². The van der Waals surface area contributed by atoms with Gasteiger partial charge in [-0.25, -0.2) is 0 Å². The van der Waals surface area contributed by atoms with Crippen LogP contribution >= 0.6 is 23.2 Å². The molecular weight excluding hydrogens is 560 g/mol. The minimum Gasteiger partial charge on any atom is -0.481 e. The van der Waals surface area contributed by atoms with Crippen molar-refractivity contribution in [1.29, 1.82) is 0 Å². The number of carboxylic acid groups (broad SMARTS) is 1. The van der Waals surface area contributed by atoms with Crippen LogP contribution in [0.2, 0.25) is 10.0 Å². The molecule has 13 heteroatoms. The highest BCUT2D eigenvalue weighted by Gasteiger charge is 2.45. The lowest BCUT2D eigenvalue weighted by Gasteiger charge is -2.34. The van der Waals surface area contributed by atoms with Crippen molar-refractivity contribution in [2.24, 2.45) is 11.3 Å². The Labute approximate surface area is 234 Å². The number of aromatic nitrogens is 3. The second-order valence-corrected chi connectivity index (χ2v) is 11.6. The molecule has 8 nitrogen and oxygen atoms in total. The maximum Gasteiger partial charge on any atom is 0.433 e. The van der Waals surface area contributed by atoms with Gasteiger partial charge in [0.05, 0.1) is 45.4 Å². The molecule has 0 bridgehead atoms. The fourth-order valence-corrected chi connectivity index (χ4v) is 6.11. The third kappa shape index (κ3) is 6.36. The molecule has 214 valence electrons. The van der Waals surface area contributed by atoms with E-state index in [0.29, 0.717) is 35.1 Å². The number of halogens is 5. The fraction of sp³-hybridized carbons (Fsp3) is 0.615. The molecule has 1 amide bonds. The van der Waals surface area contributed by atoms with Gasteiger partial charge < -0.3 is 15.2 Å². The van der Waals surface area contributed by atoms with E-state index >= 15 is 0 Å². The number of nitrogens with one attached hydrogen (secondary N) is 1. The van der Waals surface area contributed by atoms with Crippen molar-refractivity contribution < 1.29 is 32.6 Å². The van der Waals surface area contributed by atoms with Gasteiger partial charge in [-0.05, 0) is 63.4 Å². The molecule has 2 N–H and O–H groups in total. The smallest absolute Gasteiger partial charge is 0.433 e. The summed E-state index contributed by atoms with van der Waals surface area (Å²) in [5, 5.41) is 16.9. The molecule has 2 aromatic rings. The van der Waals surface area contributed by atoms with Gasteiger partial charge in [0.1, 0.15) is 0 Å². The minimum atomic E-state index is -4.85. The van der Waals surface area contributed by atoms with E-state index in [2.05, 4.69) is 15.4 Å². The van der Waals surface area contributed by atoms with Gasteiger partial charge in [-0.2, -0.15) is 18.3 Å². The number of nitrogens with zero attached hydrogens (tertiary/aromatic N) is 3. The summed E-state index contributed by atoms with van der Waals surface area (Å²) in [6.45, 7) is 4.05. The number of alkyl halides is 3.